The summed E-state index contributed by atoms with van der Waals surface area (Å²) in [7, 11) is 0. The molecule has 0 saturated carbocycles. The highest BCUT2D eigenvalue weighted by atomic mass is 16.6. The number of aliphatic hydroxyl groups is 1. The standard InChI is InChI=1S/C19H26N2O5/c1-19(2,3)26-18(24)16(11-22)20-15-8-6-13-10-12(4-7-14(13)15)5-9-17(23)21-25/h4-5,7,9-10,15-16,20,22,25H,6,8,11H2,1-3H3,(H,21,23). The van der Waals surface area contributed by atoms with Gasteiger partial charge in [0.05, 0.1) is 6.61 Å². The minimum Gasteiger partial charge on any atom is -0.459 e. The van der Waals surface area contributed by atoms with Crippen LogP contribution in [0.15, 0.2) is 24.3 Å². The summed E-state index contributed by atoms with van der Waals surface area (Å²) in [5.41, 5.74) is 3.97. The predicted molar refractivity (Wildman–Crippen MR) is 96.3 cm³/mol. The number of benzene rings is 1. The second kappa shape index (κ2) is 8.44. The highest BCUT2D eigenvalue weighted by Gasteiger charge is 2.30. The summed E-state index contributed by atoms with van der Waals surface area (Å²) in [5.74, 6) is -1.06. The lowest BCUT2D eigenvalue weighted by Crippen LogP contribution is -2.44. The molecule has 0 saturated heterocycles. The van der Waals surface area contributed by atoms with Gasteiger partial charge in [-0.3, -0.25) is 20.1 Å². The fourth-order valence-electron chi connectivity index (χ4n) is 2.93. The molecule has 0 heterocycles. The van der Waals surface area contributed by atoms with Gasteiger partial charge in [0.25, 0.3) is 5.91 Å². The van der Waals surface area contributed by atoms with Crippen LogP contribution < -0.4 is 10.8 Å². The summed E-state index contributed by atoms with van der Waals surface area (Å²) in [6.45, 7) is 5.03. The Bertz CT molecular complexity index is 694. The van der Waals surface area contributed by atoms with Crippen LogP contribution in [0.3, 0.4) is 0 Å². The molecule has 1 aromatic carbocycles. The van der Waals surface area contributed by atoms with Crippen LogP contribution in [0.1, 0.15) is 49.9 Å². The molecule has 0 aromatic heterocycles. The van der Waals surface area contributed by atoms with Crippen LogP contribution in [0.2, 0.25) is 0 Å². The zero-order chi connectivity index (χ0) is 19.3. The number of amides is 1. The average molecular weight is 362 g/mol. The van der Waals surface area contributed by atoms with E-state index in [1.165, 1.54) is 6.08 Å². The molecule has 7 nitrogen and oxygen atoms in total. The van der Waals surface area contributed by atoms with Crippen molar-refractivity contribution in [2.75, 3.05) is 6.61 Å². The number of aryl methyl sites for hydroxylation is 1. The van der Waals surface area contributed by atoms with Crippen molar-refractivity contribution in [3.8, 4) is 0 Å². The number of hydrogen-bond donors (Lipinski definition) is 4. The van der Waals surface area contributed by atoms with Crippen LogP contribution in [0.5, 0.6) is 0 Å². The Morgan fingerprint density at radius 1 is 1.38 bits per heavy atom. The number of carbonyl (C=O) groups is 2. The van der Waals surface area contributed by atoms with Crippen molar-refractivity contribution in [2.24, 2.45) is 0 Å². The second-order valence-electron chi connectivity index (χ2n) is 7.29. The maximum atomic E-state index is 12.2. The van der Waals surface area contributed by atoms with Gasteiger partial charge in [-0.1, -0.05) is 18.2 Å². The van der Waals surface area contributed by atoms with Crippen LogP contribution in [0.4, 0.5) is 0 Å². The summed E-state index contributed by atoms with van der Waals surface area (Å²) >= 11 is 0. The molecular formula is C19H26N2O5. The Morgan fingerprint density at radius 3 is 2.73 bits per heavy atom. The number of ether oxygens (including phenoxy) is 1. The van der Waals surface area contributed by atoms with E-state index in [0.717, 1.165) is 29.5 Å². The highest BCUT2D eigenvalue weighted by Crippen LogP contribution is 2.32. The van der Waals surface area contributed by atoms with E-state index in [1.54, 1.807) is 32.3 Å². The lowest BCUT2D eigenvalue weighted by Gasteiger charge is -2.26. The molecule has 2 unspecified atom stereocenters. The number of esters is 1. The number of fused-ring (bicyclic) bond motifs is 1. The molecule has 4 N–H and O–H groups in total. The van der Waals surface area contributed by atoms with Gasteiger partial charge in [-0.05, 0) is 56.4 Å². The Morgan fingerprint density at radius 2 is 2.12 bits per heavy atom. The summed E-state index contributed by atoms with van der Waals surface area (Å²) in [5, 5.41) is 21.3. The molecule has 0 radical (unpaired) electrons. The molecular weight excluding hydrogens is 336 g/mol. The minimum atomic E-state index is -0.780. The van der Waals surface area contributed by atoms with E-state index in [1.807, 2.05) is 18.2 Å². The monoisotopic (exact) mass is 362 g/mol. The first-order valence-electron chi connectivity index (χ1n) is 8.58. The lowest BCUT2D eigenvalue weighted by atomic mass is 10.0. The van der Waals surface area contributed by atoms with Gasteiger partial charge in [-0.25, -0.2) is 5.48 Å². The average Bonchev–Trinajstić information content (AvgIpc) is 2.97. The molecule has 0 spiro atoms. The number of nitrogens with one attached hydrogen (secondary N) is 2. The van der Waals surface area contributed by atoms with Gasteiger partial charge in [0, 0.05) is 12.1 Å². The second-order valence-corrected chi connectivity index (χ2v) is 7.29. The van der Waals surface area contributed by atoms with Crippen molar-refractivity contribution in [1.82, 2.24) is 10.8 Å². The quantitative estimate of drug-likeness (QED) is 0.264. The first-order valence-corrected chi connectivity index (χ1v) is 8.58. The number of hydroxylamine groups is 1. The molecule has 1 aliphatic carbocycles. The first-order chi connectivity index (χ1) is 12.2. The first kappa shape index (κ1) is 20.1. The van der Waals surface area contributed by atoms with Crippen LogP contribution in [0.25, 0.3) is 6.08 Å². The lowest BCUT2D eigenvalue weighted by molar-refractivity contribution is -0.158. The zero-order valence-electron chi connectivity index (χ0n) is 15.3. The predicted octanol–water partition coefficient (Wildman–Crippen LogP) is 1.48. The number of aliphatic hydroxyl groups excluding tert-OH is 1. The summed E-state index contributed by atoms with van der Waals surface area (Å²) in [6.07, 6.45) is 4.49. The van der Waals surface area contributed by atoms with Crippen molar-refractivity contribution in [1.29, 1.82) is 0 Å². The van der Waals surface area contributed by atoms with Crippen molar-refractivity contribution in [3.05, 3.63) is 41.0 Å². The Hall–Kier alpha value is -2.22. The number of hydrogen-bond acceptors (Lipinski definition) is 6. The van der Waals surface area contributed by atoms with Crippen LogP contribution in [-0.4, -0.2) is 40.4 Å². The molecule has 7 heteroatoms. The van der Waals surface area contributed by atoms with Crippen LogP contribution in [0, 0.1) is 0 Å². The fraction of sp³-hybridized carbons (Fsp3) is 0.474. The number of carbonyl (C=O) groups excluding carboxylic acids is 2. The molecule has 142 valence electrons. The summed E-state index contributed by atoms with van der Waals surface area (Å²) in [6, 6.07) is 4.95. The van der Waals surface area contributed by atoms with Gasteiger partial charge in [0.1, 0.15) is 11.6 Å². The minimum absolute atomic E-state index is 0.0477. The molecule has 1 aliphatic rings. The third kappa shape index (κ3) is 5.39. The molecule has 2 atom stereocenters. The molecule has 2 rings (SSSR count). The molecule has 0 fully saturated rings. The van der Waals surface area contributed by atoms with Gasteiger partial charge in [0.2, 0.25) is 0 Å². The summed E-state index contributed by atoms with van der Waals surface area (Å²) < 4.78 is 5.34. The molecule has 1 aromatic rings. The van der Waals surface area contributed by atoms with E-state index in [9.17, 15) is 14.7 Å². The maximum Gasteiger partial charge on any atom is 0.326 e. The van der Waals surface area contributed by atoms with Gasteiger partial charge in [0.15, 0.2) is 0 Å². The summed E-state index contributed by atoms with van der Waals surface area (Å²) in [4.78, 5) is 23.3. The normalized spacial score (nSPS) is 17.8. The Balaban J connectivity index is 2.07. The molecule has 0 aliphatic heterocycles. The highest BCUT2D eigenvalue weighted by molar-refractivity contribution is 5.90. The third-order valence-corrected chi connectivity index (χ3v) is 4.06. The smallest absolute Gasteiger partial charge is 0.326 e. The van der Waals surface area contributed by atoms with E-state index in [-0.39, 0.29) is 12.6 Å². The Kier molecular flexibility index (Phi) is 6.52. The van der Waals surface area contributed by atoms with E-state index >= 15 is 0 Å². The molecule has 26 heavy (non-hydrogen) atoms. The van der Waals surface area contributed by atoms with Crippen molar-refractivity contribution in [3.63, 3.8) is 0 Å². The van der Waals surface area contributed by atoms with Crippen molar-refractivity contribution < 1.29 is 24.6 Å². The fourth-order valence-corrected chi connectivity index (χ4v) is 2.93. The SMILES string of the molecule is CC(C)(C)OC(=O)C(CO)NC1CCc2cc(C=CC(=O)NO)ccc21. The molecule has 1 amide bonds. The van der Waals surface area contributed by atoms with E-state index in [2.05, 4.69) is 5.32 Å². The third-order valence-electron chi connectivity index (χ3n) is 4.06. The maximum absolute atomic E-state index is 12.2. The number of rotatable bonds is 6. The Labute approximate surface area is 153 Å². The topological polar surface area (TPSA) is 108 Å². The van der Waals surface area contributed by atoms with Crippen LogP contribution >= 0.6 is 0 Å². The van der Waals surface area contributed by atoms with Gasteiger partial charge < -0.3 is 9.84 Å². The van der Waals surface area contributed by atoms with Gasteiger partial charge >= 0.3 is 5.97 Å². The van der Waals surface area contributed by atoms with E-state index in [0.29, 0.717) is 0 Å². The van der Waals surface area contributed by atoms with Gasteiger partial charge in [-0.15, -0.1) is 0 Å². The van der Waals surface area contributed by atoms with Crippen LogP contribution in [-0.2, 0) is 20.7 Å². The zero-order valence-corrected chi connectivity index (χ0v) is 15.3. The van der Waals surface area contributed by atoms with E-state index < -0.39 is 23.5 Å². The van der Waals surface area contributed by atoms with Gasteiger partial charge in [-0.2, -0.15) is 0 Å². The van der Waals surface area contributed by atoms with Crippen molar-refractivity contribution in [2.45, 2.75) is 51.3 Å². The van der Waals surface area contributed by atoms with E-state index in [4.69, 9.17) is 9.94 Å². The largest absolute Gasteiger partial charge is 0.459 e. The van der Waals surface area contributed by atoms with Crippen molar-refractivity contribution >= 4 is 18.0 Å². The molecule has 0 bridgehead atoms.